The first-order chi connectivity index (χ1) is 7.40. The van der Waals surface area contributed by atoms with Crippen molar-refractivity contribution in [1.29, 1.82) is 0 Å². The molecule has 0 atom stereocenters. The van der Waals surface area contributed by atoms with Crippen LogP contribution in [0.1, 0.15) is 1.43 Å². The Labute approximate surface area is 118 Å². The Morgan fingerprint density at radius 3 is 3.06 bits per heavy atom. The van der Waals surface area contributed by atoms with E-state index in [1.54, 1.807) is 4.40 Å². The van der Waals surface area contributed by atoms with E-state index in [0.29, 0.717) is 11.4 Å². The van der Waals surface area contributed by atoms with E-state index in [9.17, 15) is 4.79 Å². The third kappa shape index (κ3) is 1.63. The normalized spacial score (nSPS) is 10.2. The number of carbonyl (C=O) groups is 1. The molecule has 0 saturated heterocycles. The third-order valence-electron chi connectivity index (χ3n) is 2.08. The number of rotatable bonds is 2. The molecule has 7 heteroatoms. The molecule has 2 aromatic heterocycles. The predicted molar refractivity (Wildman–Crippen MR) is 56.2 cm³/mol. The van der Waals surface area contributed by atoms with Gasteiger partial charge in [-0.1, -0.05) is 12.1 Å². The molecule has 0 unspecified atom stereocenters. The summed E-state index contributed by atoms with van der Waals surface area (Å²) in [6.45, 7) is 0.364. The van der Waals surface area contributed by atoms with Crippen molar-refractivity contribution in [3.05, 3.63) is 24.3 Å². The van der Waals surface area contributed by atoms with Gasteiger partial charge in [-0.25, -0.2) is 9.38 Å². The molecule has 0 spiro atoms. The van der Waals surface area contributed by atoms with Gasteiger partial charge >= 0.3 is 42.0 Å². The molecule has 0 aliphatic rings. The average molecular weight is 243 g/mol. The van der Waals surface area contributed by atoms with Crippen LogP contribution in [0, 0.1) is 0 Å². The van der Waals surface area contributed by atoms with E-state index in [4.69, 9.17) is 4.74 Å². The molecule has 0 aliphatic carbocycles. The predicted octanol–water partition coefficient (Wildman–Crippen LogP) is -1.40. The zero-order valence-corrected chi connectivity index (χ0v) is 11.3. The van der Waals surface area contributed by atoms with Gasteiger partial charge < -0.3 is 6.16 Å². The van der Waals surface area contributed by atoms with Crippen molar-refractivity contribution >= 4 is 34.0 Å². The topological polar surface area (TPSA) is 56.5 Å². The van der Waals surface area contributed by atoms with E-state index in [1.165, 1.54) is 11.5 Å². The summed E-state index contributed by atoms with van der Waals surface area (Å²) in [5.41, 5.74) is 1.75. The standard InChI is InChI=1S/C9H5N3O2S.Na.H/c13-5-14-8-11-15-9-10-6-3-1-2-4-7(6)12(8)9;;/h1-5H;;/q;+1;-1. The van der Waals surface area contributed by atoms with Gasteiger partial charge in [-0.05, 0) is 12.1 Å². The average Bonchev–Trinajstić information content (AvgIpc) is 2.78. The molecule has 0 radical (unpaired) electrons. The summed E-state index contributed by atoms with van der Waals surface area (Å²) in [5, 5.41) is 0. The van der Waals surface area contributed by atoms with Gasteiger partial charge in [0.2, 0.25) is 4.96 Å². The SMILES string of the molecule is O=COc1nsc2nc3ccccc3n12.[H-].[Na+]. The molecular weight excluding hydrogens is 237 g/mol. The number of benzene rings is 1. The van der Waals surface area contributed by atoms with Gasteiger partial charge in [0, 0.05) is 11.5 Å². The summed E-state index contributed by atoms with van der Waals surface area (Å²) in [5.74, 6) is 0. The Kier molecular flexibility index (Phi) is 3.25. The minimum atomic E-state index is 0. The van der Waals surface area contributed by atoms with E-state index in [2.05, 4.69) is 9.36 Å². The fourth-order valence-electron chi connectivity index (χ4n) is 1.49. The second-order valence-electron chi connectivity index (χ2n) is 2.90. The molecule has 3 aromatic rings. The number of nitrogens with zero attached hydrogens (tertiary/aromatic N) is 3. The fraction of sp³-hybridized carbons (Fsp3) is 0. The third-order valence-corrected chi connectivity index (χ3v) is 2.76. The van der Waals surface area contributed by atoms with Gasteiger partial charge in [0.1, 0.15) is 0 Å². The van der Waals surface area contributed by atoms with Crippen LogP contribution in [-0.4, -0.2) is 20.2 Å². The van der Waals surface area contributed by atoms with Crippen LogP contribution < -0.4 is 34.3 Å². The summed E-state index contributed by atoms with van der Waals surface area (Å²) in [4.78, 5) is 15.3. The number of ether oxygens (including phenoxy) is 1. The largest absolute Gasteiger partial charge is 1.00 e. The van der Waals surface area contributed by atoms with Crippen molar-refractivity contribution in [3.63, 3.8) is 0 Å². The minimum Gasteiger partial charge on any atom is -1.00 e. The second kappa shape index (κ2) is 4.50. The Bertz CT molecular complexity index is 654. The summed E-state index contributed by atoms with van der Waals surface area (Å²) in [6, 6.07) is 7.88. The molecule has 0 amide bonds. The van der Waals surface area contributed by atoms with Crippen LogP contribution in [0.3, 0.4) is 0 Å². The monoisotopic (exact) mass is 243 g/mol. The van der Waals surface area contributed by atoms with Crippen LogP contribution in [0.15, 0.2) is 24.3 Å². The van der Waals surface area contributed by atoms with Crippen LogP contribution in [-0.2, 0) is 4.79 Å². The van der Waals surface area contributed by atoms with Crippen LogP contribution in [0.2, 0.25) is 0 Å². The zero-order chi connectivity index (χ0) is 10.3. The summed E-state index contributed by atoms with van der Waals surface area (Å²) < 4.78 is 10.5. The Morgan fingerprint density at radius 2 is 2.25 bits per heavy atom. The molecule has 0 N–H and O–H groups in total. The smallest absolute Gasteiger partial charge is 1.00 e. The Balaban J connectivity index is 0.000000722. The number of imidazole rings is 1. The van der Waals surface area contributed by atoms with E-state index < -0.39 is 0 Å². The summed E-state index contributed by atoms with van der Waals surface area (Å²) in [7, 11) is 0. The van der Waals surface area contributed by atoms with E-state index >= 15 is 0 Å². The number of hydrogen-bond donors (Lipinski definition) is 0. The van der Waals surface area contributed by atoms with Crippen molar-refractivity contribution in [2.24, 2.45) is 0 Å². The maximum absolute atomic E-state index is 10.3. The maximum atomic E-state index is 10.3. The summed E-state index contributed by atoms with van der Waals surface area (Å²) in [6.07, 6.45) is 0. The van der Waals surface area contributed by atoms with Crippen LogP contribution >= 0.6 is 11.5 Å². The first-order valence-electron chi connectivity index (χ1n) is 4.23. The van der Waals surface area contributed by atoms with Crippen molar-refractivity contribution < 1.29 is 40.5 Å². The van der Waals surface area contributed by atoms with E-state index in [-0.39, 0.29) is 37.0 Å². The van der Waals surface area contributed by atoms with Crippen LogP contribution in [0.25, 0.3) is 16.0 Å². The first kappa shape index (κ1) is 11.5. The van der Waals surface area contributed by atoms with Gasteiger partial charge in [-0.2, -0.15) is 0 Å². The molecule has 0 bridgehead atoms. The van der Waals surface area contributed by atoms with Gasteiger partial charge in [0.15, 0.2) is 0 Å². The molecule has 0 aliphatic heterocycles. The summed E-state index contributed by atoms with van der Waals surface area (Å²) >= 11 is 1.20. The molecule has 76 valence electrons. The number of para-hydroxylation sites is 2. The number of aromatic nitrogens is 3. The number of hydrogen-bond acceptors (Lipinski definition) is 5. The van der Waals surface area contributed by atoms with Gasteiger partial charge in [-0.3, -0.25) is 4.79 Å². The van der Waals surface area contributed by atoms with Crippen molar-refractivity contribution in [2.45, 2.75) is 0 Å². The van der Waals surface area contributed by atoms with Crippen LogP contribution in [0.4, 0.5) is 0 Å². The minimum absolute atomic E-state index is 0. The Morgan fingerprint density at radius 1 is 1.44 bits per heavy atom. The van der Waals surface area contributed by atoms with Crippen molar-refractivity contribution in [1.82, 2.24) is 13.8 Å². The molecule has 0 fully saturated rings. The quantitative estimate of drug-likeness (QED) is 0.410. The molecule has 3 rings (SSSR count). The second-order valence-corrected chi connectivity index (χ2v) is 3.63. The molecule has 16 heavy (non-hydrogen) atoms. The van der Waals surface area contributed by atoms with E-state index in [0.717, 1.165) is 11.0 Å². The molecule has 0 saturated carbocycles. The van der Waals surface area contributed by atoms with Crippen LogP contribution in [0.5, 0.6) is 6.01 Å². The van der Waals surface area contributed by atoms with Crippen molar-refractivity contribution in [2.75, 3.05) is 0 Å². The maximum Gasteiger partial charge on any atom is 1.00 e. The van der Waals surface area contributed by atoms with Crippen molar-refractivity contribution in [3.8, 4) is 6.01 Å². The molecule has 1 aromatic carbocycles. The molecule has 2 heterocycles. The van der Waals surface area contributed by atoms with Gasteiger partial charge in [0.25, 0.3) is 0 Å². The molecule has 5 nitrogen and oxygen atoms in total. The first-order valence-corrected chi connectivity index (χ1v) is 5.00. The van der Waals surface area contributed by atoms with Gasteiger partial charge in [-0.15, -0.1) is 4.37 Å². The van der Waals surface area contributed by atoms with Gasteiger partial charge in [0.05, 0.1) is 11.0 Å². The Hall–Kier alpha value is -0.950. The molecular formula is C9H6N3NaO2S. The fourth-order valence-corrected chi connectivity index (χ4v) is 2.17. The van der Waals surface area contributed by atoms with E-state index in [1.807, 2.05) is 24.3 Å². The number of carbonyl (C=O) groups excluding carboxylic acids is 1. The zero-order valence-electron chi connectivity index (χ0n) is 9.45. The number of fused-ring (bicyclic) bond motifs is 3.